The second kappa shape index (κ2) is 7.15. The van der Waals surface area contributed by atoms with Gasteiger partial charge in [0, 0.05) is 23.1 Å². The normalized spacial score (nSPS) is 16.5. The van der Waals surface area contributed by atoms with E-state index in [0.29, 0.717) is 13.0 Å². The standard InChI is InChI=1S/C18H19BrN2O2/c19-14-5-1-3-12(9-14)11-20-18(23)21-17-6-2-4-13-7-8-15(22)10-16(13)17/h1-6,9,15,22H,7-8,10-11H2,(H2,20,21,23). The van der Waals surface area contributed by atoms with E-state index in [1.165, 1.54) is 5.56 Å². The van der Waals surface area contributed by atoms with E-state index in [2.05, 4.69) is 32.6 Å². The summed E-state index contributed by atoms with van der Waals surface area (Å²) < 4.78 is 0.989. The molecule has 5 heteroatoms. The van der Waals surface area contributed by atoms with Gasteiger partial charge in [0.2, 0.25) is 0 Å². The highest BCUT2D eigenvalue weighted by molar-refractivity contribution is 9.10. The number of rotatable bonds is 3. The monoisotopic (exact) mass is 374 g/mol. The van der Waals surface area contributed by atoms with Gasteiger partial charge >= 0.3 is 6.03 Å². The van der Waals surface area contributed by atoms with Gasteiger partial charge in [-0.25, -0.2) is 4.79 Å². The Hall–Kier alpha value is -1.85. The molecular formula is C18H19BrN2O2. The zero-order valence-electron chi connectivity index (χ0n) is 12.7. The first kappa shape index (κ1) is 16.0. The first-order valence-corrected chi connectivity index (χ1v) is 8.49. The zero-order valence-corrected chi connectivity index (χ0v) is 14.3. The van der Waals surface area contributed by atoms with Crippen LogP contribution in [0.5, 0.6) is 0 Å². The fraction of sp³-hybridized carbons (Fsp3) is 0.278. The molecule has 3 rings (SSSR count). The van der Waals surface area contributed by atoms with Gasteiger partial charge in [0.05, 0.1) is 6.10 Å². The molecule has 0 aromatic heterocycles. The maximum atomic E-state index is 12.1. The lowest BCUT2D eigenvalue weighted by Crippen LogP contribution is -2.29. The summed E-state index contributed by atoms with van der Waals surface area (Å²) in [5, 5.41) is 15.6. The summed E-state index contributed by atoms with van der Waals surface area (Å²) in [4.78, 5) is 12.1. The van der Waals surface area contributed by atoms with E-state index in [1.807, 2.05) is 36.4 Å². The molecule has 0 saturated carbocycles. The number of halogens is 1. The molecule has 23 heavy (non-hydrogen) atoms. The van der Waals surface area contributed by atoms with Gasteiger partial charge in [0.25, 0.3) is 0 Å². The molecule has 0 aliphatic heterocycles. The highest BCUT2D eigenvalue weighted by Gasteiger charge is 2.19. The highest BCUT2D eigenvalue weighted by Crippen LogP contribution is 2.28. The molecule has 0 heterocycles. The molecule has 0 saturated heterocycles. The van der Waals surface area contributed by atoms with Gasteiger partial charge < -0.3 is 15.7 Å². The average Bonchev–Trinajstić information content (AvgIpc) is 2.54. The largest absolute Gasteiger partial charge is 0.393 e. The van der Waals surface area contributed by atoms with Crippen molar-refractivity contribution in [3.05, 3.63) is 63.6 Å². The van der Waals surface area contributed by atoms with Crippen molar-refractivity contribution in [3.63, 3.8) is 0 Å². The zero-order chi connectivity index (χ0) is 16.2. The van der Waals surface area contributed by atoms with Crippen molar-refractivity contribution < 1.29 is 9.90 Å². The topological polar surface area (TPSA) is 61.4 Å². The number of aliphatic hydroxyl groups is 1. The maximum Gasteiger partial charge on any atom is 0.319 e. The number of carbonyl (C=O) groups is 1. The van der Waals surface area contributed by atoms with Gasteiger partial charge in [-0.05, 0) is 47.7 Å². The van der Waals surface area contributed by atoms with Gasteiger partial charge in [0.1, 0.15) is 0 Å². The minimum Gasteiger partial charge on any atom is -0.393 e. The van der Waals surface area contributed by atoms with Crippen LogP contribution in [0.25, 0.3) is 0 Å². The fourth-order valence-electron chi connectivity index (χ4n) is 2.88. The van der Waals surface area contributed by atoms with E-state index in [-0.39, 0.29) is 12.1 Å². The van der Waals surface area contributed by atoms with Crippen LogP contribution in [0.2, 0.25) is 0 Å². The molecule has 0 radical (unpaired) electrons. The van der Waals surface area contributed by atoms with Crippen LogP contribution in [0.15, 0.2) is 46.9 Å². The summed E-state index contributed by atoms with van der Waals surface area (Å²) in [6.07, 6.45) is 1.91. The lowest BCUT2D eigenvalue weighted by Gasteiger charge is -2.23. The predicted octanol–water partition coefficient (Wildman–Crippen LogP) is 3.62. The van der Waals surface area contributed by atoms with Crippen molar-refractivity contribution in [3.8, 4) is 0 Å². The number of carbonyl (C=O) groups excluding carboxylic acids is 1. The number of urea groups is 1. The second-order valence-electron chi connectivity index (χ2n) is 5.78. The number of aryl methyl sites for hydroxylation is 1. The van der Waals surface area contributed by atoms with Gasteiger partial charge in [-0.2, -0.15) is 0 Å². The fourth-order valence-corrected chi connectivity index (χ4v) is 3.33. The Balaban J connectivity index is 1.64. The molecular weight excluding hydrogens is 356 g/mol. The van der Waals surface area contributed by atoms with E-state index in [0.717, 1.165) is 34.1 Å². The number of nitrogens with one attached hydrogen (secondary N) is 2. The van der Waals surface area contributed by atoms with E-state index in [9.17, 15) is 9.90 Å². The highest BCUT2D eigenvalue weighted by atomic mass is 79.9. The molecule has 4 nitrogen and oxygen atoms in total. The quantitative estimate of drug-likeness (QED) is 0.768. The predicted molar refractivity (Wildman–Crippen MR) is 94.5 cm³/mol. The van der Waals surface area contributed by atoms with Crippen molar-refractivity contribution in [1.82, 2.24) is 5.32 Å². The lowest BCUT2D eigenvalue weighted by molar-refractivity contribution is 0.159. The maximum absolute atomic E-state index is 12.1. The van der Waals surface area contributed by atoms with Crippen molar-refractivity contribution >= 4 is 27.6 Å². The van der Waals surface area contributed by atoms with Crippen LogP contribution in [-0.4, -0.2) is 17.2 Å². The Morgan fingerprint density at radius 1 is 1.26 bits per heavy atom. The van der Waals surface area contributed by atoms with E-state index in [1.54, 1.807) is 0 Å². The molecule has 1 aliphatic carbocycles. The van der Waals surface area contributed by atoms with Crippen LogP contribution >= 0.6 is 15.9 Å². The van der Waals surface area contributed by atoms with Crippen LogP contribution in [0.4, 0.5) is 10.5 Å². The third-order valence-corrected chi connectivity index (χ3v) is 4.54. The van der Waals surface area contributed by atoms with Gasteiger partial charge in [-0.1, -0.05) is 40.2 Å². The third-order valence-electron chi connectivity index (χ3n) is 4.05. The van der Waals surface area contributed by atoms with Crippen LogP contribution in [0.1, 0.15) is 23.1 Å². The van der Waals surface area contributed by atoms with E-state index < -0.39 is 0 Å². The van der Waals surface area contributed by atoms with Gasteiger partial charge in [-0.3, -0.25) is 0 Å². The molecule has 1 aliphatic rings. The summed E-state index contributed by atoms with van der Waals surface area (Å²) in [6, 6.07) is 13.5. The molecule has 120 valence electrons. The molecule has 1 unspecified atom stereocenters. The Morgan fingerprint density at radius 3 is 2.91 bits per heavy atom. The SMILES string of the molecule is O=C(NCc1cccc(Br)c1)Nc1cccc2c1CC(O)CC2. The summed E-state index contributed by atoms with van der Waals surface area (Å²) >= 11 is 3.42. The number of aliphatic hydroxyl groups excluding tert-OH is 1. The summed E-state index contributed by atoms with van der Waals surface area (Å²) in [5.41, 5.74) is 4.07. The summed E-state index contributed by atoms with van der Waals surface area (Å²) in [6.45, 7) is 0.461. The van der Waals surface area contributed by atoms with Crippen molar-refractivity contribution in [1.29, 1.82) is 0 Å². The molecule has 1 atom stereocenters. The Labute approximate surface area is 144 Å². The van der Waals surface area contributed by atoms with E-state index >= 15 is 0 Å². The smallest absolute Gasteiger partial charge is 0.319 e. The molecule has 0 spiro atoms. The number of hydrogen-bond acceptors (Lipinski definition) is 2. The van der Waals surface area contributed by atoms with Crippen molar-refractivity contribution in [2.24, 2.45) is 0 Å². The molecule has 2 amide bonds. The van der Waals surface area contributed by atoms with Crippen molar-refractivity contribution in [2.75, 3.05) is 5.32 Å². The first-order chi connectivity index (χ1) is 11.1. The van der Waals surface area contributed by atoms with Crippen LogP contribution < -0.4 is 10.6 Å². The lowest BCUT2D eigenvalue weighted by atomic mass is 9.88. The molecule has 0 bridgehead atoms. The Morgan fingerprint density at radius 2 is 2.09 bits per heavy atom. The van der Waals surface area contributed by atoms with Crippen molar-refractivity contribution in [2.45, 2.75) is 31.9 Å². The number of benzene rings is 2. The number of fused-ring (bicyclic) bond motifs is 1. The molecule has 0 fully saturated rings. The molecule has 2 aromatic carbocycles. The first-order valence-electron chi connectivity index (χ1n) is 7.70. The molecule has 3 N–H and O–H groups in total. The minimum absolute atomic E-state index is 0.238. The summed E-state index contributed by atoms with van der Waals surface area (Å²) in [5.74, 6) is 0. The van der Waals surface area contributed by atoms with Crippen LogP contribution in [0, 0.1) is 0 Å². The number of hydrogen-bond donors (Lipinski definition) is 3. The number of amides is 2. The number of anilines is 1. The Kier molecular flexibility index (Phi) is 4.98. The Bertz CT molecular complexity index is 718. The third kappa shape index (κ3) is 4.12. The van der Waals surface area contributed by atoms with E-state index in [4.69, 9.17) is 0 Å². The summed E-state index contributed by atoms with van der Waals surface area (Å²) in [7, 11) is 0. The van der Waals surface area contributed by atoms with Crippen LogP contribution in [0.3, 0.4) is 0 Å². The molecule has 2 aromatic rings. The van der Waals surface area contributed by atoms with Crippen LogP contribution in [-0.2, 0) is 19.4 Å². The second-order valence-corrected chi connectivity index (χ2v) is 6.69. The average molecular weight is 375 g/mol. The van der Waals surface area contributed by atoms with Gasteiger partial charge in [0.15, 0.2) is 0 Å². The van der Waals surface area contributed by atoms with Gasteiger partial charge in [-0.15, -0.1) is 0 Å². The minimum atomic E-state index is -0.324.